The molecule has 0 spiro atoms. The maximum atomic E-state index is 11.8. The van der Waals surface area contributed by atoms with Crippen molar-refractivity contribution in [2.45, 2.75) is 39.3 Å². The molecule has 0 saturated carbocycles. The van der Waals surface area contributed by atoms with Crippen molar-refractivity contribution in [3.8, 4) is 0 Å². The van der Waals surface area contributed by atoms with Gasteiger partial charge in [0.15, 0.2) is 0 Å². The van der Waals surface area contributed by atoms with Crippen molar-refractivity contribution in [2.24, 2.45) is 5.73 Å². The van der Waals surface area contributed by atoms with Crippen molar-refractivity contribution in [3.63, 3.8) is 0 Å². The van der Waals surface area contributed by atoms with E-state index in [0.717, 1.165) is 12.1 Å². The lowest BCUT2D eigenvalue weighted by molar-refractivity contribution is -0.122. The van der Waals surface area contributed by atoms with Gasteiger partial charge in [-0.25, -0.2) is 0 Å². The molecule has 2 unspecified atom stereocenters. The van der Waals surface area contributed by atoms with Crippen LogP contribution in [0.15, 0.2) is 24.3 Å². The summed E-state index contributed by atoms with van der Waals surface area (Å²) in [7, 11) is 0. The molecule has 0 aliphatic heterocycles. The summed E-state index contributed by atoms with van der Waals surface area (Å²) in [6.07, 6.45) is 0.895. The SMILES string of the molecule is CCC(C)NC(=O)C(C)Nc1ccc(C(N)=O)cc1. The van der Waals surface area contributed by atoms with Gasteiger partial charge in [0.05, 0.1) is 0 Å². The summed E-state index contributed by atoms with van der Waals surface area (Å²) >= 11 is 0. The monoisotopic (exact) mass is 263 g/mol. The van der Waals surface area contributed by atoms with E-state index < -0.39 is 5.91 Å². The first-order chi connectivity index (χ1) is 8.93. The number of carbonyl (C=O) groups is 2. The van der Waals surface area contributed by atoms with Crippen LogP contribution in [0.2, 0.25) is 0 Å². The average Bonchev–Trinajstić information content (AvgIpc) is 2.38. The molecular formula is C14H21N3O2. The van der Waals surface area contributed by atoms with Crippen molar-refractivity contribution < 1.29 is 9.59 Å². The second kappa shape index (κ2) is 6.78. The normalized spacial score (nSPS) is 13.4. The van der Waals surface area contributed by atoms with Crippen molar-refractivity contribution >= 4 is 17.5 Å². The zero-order chi connectivity index (χ0) is 14.4. The fourth-order valence-electron chi connectivity index (χ4n) is 1.52. The Morgan fingerprint density at radius 2 is 1.79 bits per heavy atom. The Bertz CT molecular complexity index is 443. The summed E-state index contributed by atoms with van der Waals surface area (Å²) in [6, 6.07) is 6.54. The minimum atomic E-state index is -0.464. The van der Waals surface area contributed by atoms with Crippen molar-refractivity contribution in [1.82, 2.24) is 5.32 Å². The maximum Gasteiger partial charge on any atom is 0.248 e. The first kappa shape index (κ1) is 15.0. The van der Waals surface area contributed by atoms with E-state index in [4.69, 9.17) is 5.73 Å². The van der Waals surface area contributed by atoms with Crippen molar-refractivity contribution in [1.29, 1.82) is 0 Å². The zero-order valence-corrected chi connectivity index (χ0v) is 11.6. The van der Waals surface area contributed by atoms with Gasteiger partial charge >= 0.3 is 0 Å². The Balaban J connectivity index is 2.58. The Morgan fingerprint density at radius 3 is 2.26 bits per heavy atom. The lowest BCUT2D eigenvalue weighted by Gasteiger charge is -2.18. The van der Waals surface area contributed by atoms with Crippen LogP contribution in [0.4, 0.5) is 5.69 Å². The van der Waals surface area contributed by atoms with Crippen LogP contribution < -0.4 is 16.4 Å². The van der Waals surface area contributed by atoms with Gasteiger partial charge in [0, 0.05) is 17.3 Å². The van der Waals surface area contributed by atoms with E-state index in [1.165, 1.54) is 0 Å². The average molecular weight is 263 g/mol. The van der Waals surface area contributed by atoms with Gasteiger partial charge in [-0.3, -0.25) is 9.59 Å². The number of anilines is 1. The van der Waals surface area contributed by atoms with Gasteiger partial charge in [0.1, 0.15) is 6.04 Å². The Hall–Kier alpha value is -2.04. The van der Waals surface area contributed by atoms with Crippen molar-refractivity contribution in [2.75, 3.05) is 5.32 Å². The Labute approximate surface area is 113 Å². The molecule has 0 heterocycles. The van der Waals surface area contributed by atoms with E-state index in [-0.39, 0.29) is 18.0 Å². The number of rotatable bonds is 6. The van der Waals surface area contributed by atoms with Gasteiger partial charge in [-0.2, -0.15) is 0 Å². The number of benzene rings is 1. The molecule has 0 aromatic heterocycles. The summed E-state index contributed by atoms with van der Waals surface area (Å²) in [5.41, 5.74) is 6.38. The first-order valence-electron chi connectivity index (χ1n) is 6.40. The second-order valence-electron chi connectivity index (χ2n) is 4.63. The molecule has 1 rings (SSSR count). The highest BCUT2D eigenvalue weighted by molar-refractivity contribution is 5.93. The van der Waals surface area contributed by atoms with Gasteiger partial charge in [0.2, 0.25) is 11.8 Å². The van der Waals surface area contributed by atoms with E-state index in [0.29, 0.717) is 5.56 Å². The van der Waals surface area contributed by atoms with E-state index in [1.807, 2.05) is 13.8 Å². The smallest absolute Gasteiger partial charge is 0.248 e. The topological polar surface area (TPSA) is 84.2 Å². The molecule has 0 aliphatic rings. The van der Waals surface area contributed by atoms with Crippen LogP contribution in [-0.4, -0.2) is 23.9 Å². The number of amides is 2. The number of hydrogen-bond acceptors (Lipinski definition) is 3. The van der Waals surface area contributed by atoms with Crippen LogP contribution in [0.25, 0.3) is 0 Å². The highest BCUT2D eigenvalue weighted by atomic mass is 16.2. The summed E-state index contributed by atoms with van der Waals surface area (Å²) in [5, 5.41) is 5.98. The molecule has 19 heavy (non-hydrogen) atoms. The molecule has 0 bridgehead atoms. The molecule has 2 amide bonds. The molecule has 104 valence electrons. The van der Waals surface area contributed by atoms with Crippen LogP contribution >= 0.6 is 0 Å². The van der Waals surface area contributed by atoms with E-state index in [1.54, 1.807) is 31.2 Å². The molecule has 0 radical (unpaired) electrons. The van der Waals surface area contributed by atoms with Gasteiger partial charge in [-0.15, -0.1) is 0 Å². The number of nitrogens with two attached hydrogens (primary N) is 1. The third-order valence-electron chi connectivity index (χ3n) is 2.95. The van der Waals surface area contributed by atoms with E-state index >= 15 is 0 Å². The number of hydrogen-bond donors (Lipinski definition) is 3. The van der Waals surface area contributed by atoms with Crippen LogP contribution in [0.3, 0.4) is 0 Å². The summed E-state index contributed by atoms with van der Waals surface area (Å²) in [4.78, 5) is 22.8. The summed E-state index contributed by atoms with van der Waals surface area (Å²) in [6.45, 7) is 5.78. The molecule has 1 aromatic carbocycles. The lowest BCUT2D eigenvalue weighted by Crippen LogP contribution is -2.41. The Morgan fingerprint density at radius 1 is 1.21 bits per heavy atom. The highest BCUT2D eigenvalue weighted by Gasteiger charge is 2.14. The highest BCUT2D eigenvalue weighted by Crippen LogP contribution is 2.10. The Kier molecular flexibility index (Phi) is 5.36. The third kappa shape index (κ3) is 4.62. The molecule has 4 N–H and O–H groups in total. The maximum absolute atomic E-state index is 11.8. The summed E-state index contributed by atoms with van der Waals surface area (Å²) in [5.74, 6) is -0.512. The minimum absolute atomic E-state index is 0.0478. The van der Waals surface area contributed by atoms with Crippen LogP contribution in [0, 0.1) is 0 Å². The van der Waals surface area contributed by atoms with E-state index in [2.05, 4.69) is 10.6 Å². The van der Waals surface area contributed by atoms with Gasteiger partial charge in [0.25, 0.3) is 0 Å². The number of carbonyl (C=O) groups excluding carboxylic acids is 2. The van der Waals surface area contributed by atoms with Crippen LogP contribution in [-0.2, 0) is 4.79 Å². The molecular weight excluding hydrogens is 242 g/mol. The molecule has 0 fully saturated rings. The molecule has 0 aliphatic carbocycles. The number of nitrogens with one attached hydrogen (secondary N) is 2. The second-order valence-corrected chi connectivity index (χ2v) is 4.63. The first-order valence-corrected chi connectivity index (χ1v) is 6.40. The van der Waals surface area contributed by atoms with Gasteiger partial charge < -0.3 is 16.4 Å². The third-order valence-corrected chi connectivity index (χ3v) is 2.95. The van der Waals surface area contributed by atoms with E-state index in [9.17, 15) is 9.59 Å². The van der Waals surface area contributed by atoms with Crippen LogP contribution in [0.5, 0.6) is 0 Å². The molecule has 2 atom stereocenters. The minimum Gasteiger partial charge on any atom is -0.374 e. The predicted octanol–water partition coefficient (Wildman–Crippen LogP) is 1.50. The standard InChI is InChI=1S/C14H21N3O2/c1-4-9(2)16-14(19)10(3)17-12-7-5-11(6-8-12)13(15)18/h5-10,17H,4H2,1-3H3,(H2,15,18)(H,16,19). The predicted molar refractivity (Wildman–Crippen MR) is 75.9 cm³/mol. The quantitative estimate of drug-likeness (QED) is 0.727. The summed E-state index contributed by atoms with van der Waals surface area (Å²) < 4.78 is 0. The van der Waals surface area contributed by atoms with Crippen LogP contribution in [0.1, 0.15) is 37.6 Å². The fourth-order valence-corrected chi connectivity index (χ4v) is 1.52. The molecule has 1 aromatic rings. The molecule has 5 heteroatoms. The largest absolute Gasteiger partial charge is 0.374 e. The molecule has 0 saturated heterocycles. The lowest BCUT2D eigenvalue weighted by atomic mass is 10.2. The fraction of sp³-hybridized carbons (Fsp3) is 0.429. The van der Waals surface area contributed by atoms with Gasteiger partial charge in [-0.05, 0) is 44.5 Å². The zero-order valence-electron chi connectivity index (χ0n) is 11.6. The number of primary amides is 1. The molecule has 5 nitrogen and oxygen atoms in total. The van der Waals surface area contributed by atoms with Gasteiger partial charge in [-0.1, -0.05) is 6.92 Å². The van der Waals surface area contributed by atoms with Crippen molar-refractivity contribution in [3.05, 3.63) is 29.8 Å².